The van der Waals surface area contributed by atoms with Gasteiger partial charge < -0.3 is 24.6 Å². The standard InChI is InChI=1S/C34H43ClN8O7/c1-2-3-13-30-37-32(35)29(23-49-31(44)21-26(10-6-7-18-36)34(45)48-19-8-9-20-50-43(46)47)42(30)22-24-14-16-25(17-15-24)27-11-4-5-12-28(27)33-38-40-41-39-33/h4-5,11-12,14-17,26H,2-3,6-10,13,18-23,36H2,1H3,(H,38,39,40,41). The fourth-order valence-corrected chi connectivity index (χ4v) is 5.67. The zero-order chi connectivity index (χ0) is 35.7. The van der Waals surface area contributed by atoms with Gasteiger partial charge >= 0.3 is 11.9 Å². The summed E-state index contributed by atoms with van der Waals surface area (Å²) >= 11 is 6.63. The summed E-state index contributed by atoms with van der Waals surface area (Å²) in [5.74, 6) is -0.506. The third-order valence-electron chi connectivity index (χ3n) is 8.08. The molecule has 268 valence electrons. The molecule has 0 saturated carbocycles. The lowest BCUT2D eigenvalue weighted by atomic mass is 9.98. The molecule has 3 N–H and O–H groups in total. The molecule has 1 atom stereocenters. The number of nitrogens with two attached hydrogens (primary N) is 1. The van der Waals surface area contributed by atoms with E-state index >= 15 is 0 Å². The van der Waals surface area contributed by atoms with E-state index in [4.69, 9.17) is 26.8 Å². The van der Waals surface area contributed by atoms with Gasteiger partial charge in [0.1, 0.15) is 12.4 Å². The fraction of sp³-hybridized carbons (Fsp3) is 0.471. The molecule has 2 aromatic carbocycles. The molecule has 50 heavy (non-hydrogen) atoms. The number of H-pyrrole nitrogens is 1. The molecule has 0 aliphatic rings. The number of unbranched alkanes of at least 4 members (excludes halogenated alkanes) is 3. The minimum Gasteiger partial charge on any atom is -0.465 e. The maximum Gasteiger partial charge on any atom is 0.309 e. The Bertz CT molecular complexity index is 1660. The van der Waals surface area contributed by atoms with Gasteiger partial charge in [-0.2, -0.15) is 5.21 Å². The molecule has 2 aromatic heterocycles. The summed E-state index contributed by atoms with van der Waals surface area (Å²) < 4.78 is 13.0. The summed E-state index contributed by atoms with van der Waals surface area (Å²) in [7, 11) is 0. The number of tetrazole rings is 1. The van der Waals surface area contributed by atoms with Gasteiger partial charge in [0.25, 0.3) is 5.09 Å². The predicted octanol–water partition coefficient (Wildman–Crippen LogP) is 5.48. The fourth-order valence-electron chi connectivity index (χ4n) is 5.41. The number of ether oxygens (including phenoxy) is 2. The molecule has 1 unspecified atom stereocenters. The number of aromatic amines is 1. The third kappa shape index (κ3) is 11.3. The Labute approximate surface area is 294 Å². The van der Waals surface area contributed by atoms with Crippen molar-refractivity contribution in [2.45, 2.75) is 77.9 Å². The molecule has 0 spiro atoms. The van der Waals surface area contributed by atoms with Gasteiger partial charge in [-0.15, -0.1) is 20.3 Å². The highest BCUT2D eigenvalue weighted by atomic mass is 35.5. The minimum atomic E-state index is -0.865. The highest BCUT2D eigenvalue weighted by Crippen LogP contribution is 2.30. The van der Waals surface area contributed by atoms with Crippen molar-refractivity contribution in [1.82, 2.24) is 30.2 Å². The van der Waals surface area contributed by atoms with Gasteiger partial charge in [-0.1, -0.05) is 79.9 Å². The van der Waals surface area contributed by atoms with E-state index in [-0.39, 0.29) is 31.4 Å². The molecule has 15 nitrogen and oxygen atoms in total. The van der Waals surface area contributed by atoms with Crippen molar-refractivity contribution in [1.29, 1.82) is 0 Å². The zero-order valence-corrected chi connectivity index (χ0v) is 28.8. The zero-order valence-electron chi connectivity index (χ0n) is 28.1. The van der Waals surface area contributed by atoms with Crippen LogP contribution in [-0.2, 0) is 43.5 Å². The summed E-state index contributed by atoms with van der Waals surface area (Å²) in [6, 6.07) is 16.0. The number of hydrogen-bond donors (Lipinski definition) is 2. The van der Waals surface area contributed by atoms with Crippen molar-refractivity contribution < 1.29 is 29.0 Å². The number of hydrogen-bond acceptors (Lipinski definition) is 12. The first-order valence-electron chi connectivity index (χ1n) is 16.8. The largest absolute Gasteiger partial charge is 0.465 e. The van der Waals surface area contributed by atoms with Crippen molar-refractivity contribution in [3.05, 3.63) is 80.9 Å². The Kier molecular flexibility index (Phi) is 15.1. The molecule has 16 heteroatoms. The SMILES string of the molecule is CCCCc1nc(Cl)c(COC(=O)CC(CCCCN)C(=O)OCCCCO[N+](=O)[O-])n1Cc1ccc(-c2ccccc2-c2nn[nH]n2)cc1. The number of aromatic nitrogens is 6. The Hall–Kier alpha value is -4.89. The smallest absolute Gasteiger partial charge is 0.309 e. The van der Waals surface area contributed by atoms with Crippen molar-refractivity contribution in [3.8, 4) is 22.5 Å². The number of nitrogens with one attached hydrogen (secondary N) is 1. The topological polar surface area (TPSA) is 203 Å². The second kappa shape index (κ2) is 19.9. The van der Waals surface area contributed by atoms with Crippen molar-refractivity contribution in [2.24, 2.45) is 11.7 Å². The molecule has 2 heterocycles. The van der Waals surface area contributed by atoms with E-state index in [0.29, 0.717) is 63.1 Å². The first kappa shape index (κ1) is 37.9. The molecular weight excluding hydrogens is 668 g/mol. The molecule has 0 bridgehead atoms. The lowest BCUT2D eigenvalue weighted by Gasteiger charge is -2.16. The molecule has 0 amide bonds. The molecule has 4 rings (SSSR count). The summed E-state index contributed by atoms with van der Waals surface area (Å²) in [6.45, 7) is 2.87. The van der Waals surface area contributed by atoms with E-state index < -0.39 is 22.9 Å². The van der Waals surface area contributed by atoms with Crippen molar-refractivity contribution in [2.75, 3.05) is 19.8 Å². The van der Waals surface area contributed by atoms with E-state index in [1.807, 2.05) is 53.1 Å². The number of nitrogens with zero attached hydrogens (tertiary/aromatic N) is 6. The number of aryl methyl sites for hydroxylation is 1. The van der Waals surface area contributed by atoms with Crippen LogP contribution in [0.3, 0.4) is 0 Å². The predicted molar refractivity (Wildman–Crippen MR) is 184 cm³/mol. The second-order valence-corrected chi connectivity index (χ2v) is 12.1. The summed E-state index contributed by atoms with van der Waals surface area (Å²) in [6.07, 6.45) is 4.89. The Morgan fingerprint density at radius 1 is 1.02 bits per heavy atom. The first-order valence-corrected chi connectivity index (χ1v) is 17.1. The van der Waals surface area contributed by atoms with Crippen LogP contribution in [0.2, 0.25) is 5.15 Å². The molecule has 0 radical (unpaired) electrons. The van der Waals surface area contributed by atoms with Crippen LogP contribution in [-0.4, -0.2) is 67.0 Å². The lowest BCUT2D eigenvalue weighted by molar-refractivity contribution is -0.757. The third-order valence-corrected chi connectivity index (χ3v) is 8.38. The van der Waals surface area contributed by atoms with Crippen molar-refractivity contribution in [3.63, 3.8) is 0 Å². The Balaban J connectivity index is 1.43. The number of benzene rings is 2. The van der Waals surface area contributed by atoms with E-state index in [9.17, 15) is 19.7 Å². The van der Waals surface area contributed by atoms with Gasteiger partial charge in [-0.3, -0.25) is 9.59 Å². The molecule has 0 saturated heterocycles. The second-order valence-electron chi connectivity index (χ2n) is 11.7. The number of esters is 2. The van der Waals surface area contributed by atoms with E-state index in [1.54, 1.807) is 0 Å². The van der Waals surface area contributed by atoms with Gasteiger partial charge in [0.05, 0.1) is 31.2 Å². The number of carbonyl (C=O) groups excluding carboxylic acids is 2. The van der Waals surface area contributed by atoms with Crippen LogP contribution in [0, 0.1) is 16.0 Å². The van der Waals surface area contributed by atoms with Crippen molar-refractivity contribution >= 4 is 23.5 Å². The van der Waals surface area contributed by atoms with Gasteiger partial charge in [0.2, 0.25) is 5.82 Å². The van der Waals surface area contributed by atoms with Crippen LogP contribution >= 0.6 is 11.6 Å². The maximum absolute atomic E-state index is 13.1. The highest BCUT2D eigenvalue weighted by molar-refractivity contribution is 6.30. The molecule has 4 aromatic rings. The average Bonchev–Trinajstić information content (AvgIpc) is 3.75. The van der Waals surface area contributed by atoms with Gasteiger partial charge in [0.15, 0.2) is 5.15 Å². The Morgan fingerprint density at radius 3 is 2.48 bits per heavy atom. The summed E-state index contributed by atoms with van der Waals surface area (Å²) in [5, 5.41) is 24.1. The Morgan fingerprint density at radius 2 is 1.78 bits per heavy atom. The maximum atomic E-state index is 13.1. The van der Waals surface area contributed by atoms with Gasteiger partial charge in [-0.05, 0) is 60.6 Å². The van der Waals surface area contributed by atoms with Crippen LogP contribution in [0.5, 0.6) is 0 Å². The van der Waals surface area contributed by atoms with E-state index in [0.717, 1.165) is 40.9 Å². The van der Waals surface area contributed by atoms with Gasteiger partial charge in [-0.25, -0.2) is 4.98 Å². The van der Waals surface area contributed by atoms with Gasteiger partial charge in [0, 0.05) is 18.5 Å². The lowest BCUT2D eigenvalue weighted by Crippen LogP contribution is -2.23. The van der Waals surface area contributed by atoms with Crippen LogP contribution in [0.4, 0.5) is 0 Å². The molecule has 0 aliphatic heterocycles. The van der Waals surface area contributed by atoms with Crippen LogP contribution in [0.1, 0.15) is 75.4 Å². The molecule has 0 fully saturated rings. The van der Waals surface area contributed by atoms with Crippen LogP contribution in [0.25, 0.3) is 22.5 Å². The van der Waals surface area contributed by atoms with Crippen LogP contribution in [0.15, 0.2) is 48.5 Å². The van der Waals surface area contributed by atoms with Crippen LogP contribution < -0.4 is 5.73 Å². The molecule has 0 aliphatic carbocycles. The number of halogens is 1. The summed E-state index contributed by atoms with van der Waals surface area (Å²) in [4.78, 5) is 45.1. The highest BCUT2D eigenvalue weighted by Gasteiger charge is 2.25. The average molecular weight is 711 g/mol. The monoisotopic (exact) mass is 710 g/mol. The normalized spacial score (nSPS) is 11.7. The van der Waals surface area contributed by atoms with E-state index in [1.165, 1.54) is 0 Å². The number of imidazole rings is 1. The first-order chi connectivity index (χ1) is 24.3. The quantitative estimate of drug-likeness (QED) is 0.0450. The number of rotatable bonds is 22. The summed E-state index contributed by atoms with van der Waals surface area (Å²) in [5.41, 5.74) is 10.0. The van der Waals surface area contributed by atoms with E-state index in [2.05, 4.69) is 37.4 Å². The number of carbonyl (C=O) groups is 2. The molecular formula is C34H43ClN8O7. The minimum absolute atomic E-state index is 0.0595.